The number of rotatable bonds is 2. The lowest BCUT2D eigenvalue weighted by atomic mass is 9.81. The van der Waals surface area contributed by atoms with Crippen molar-refractivity contribution in [2.75, 3.05) is 11.9 Å². The van der Waals surface area contributed by atoms with Gasteiger partial charge in [-0.1, -0.05) is 13.3 Å². The first-order valence-corrected chi connectivity index (χ1v) is 5.39. The van der Waals surface area contributed by atoms with Crippen molar-refractivity contribution in [2.24, 2.45) is 5.92 Å². The van der Waals surface area contributed by atoms with E-state index in [2.05, 4.69) is 5.32 Å². The van der Waals surface area contributed by atoms with E-state index >= 15 is 0 Å². The van der Waals surface area contributed by atoms with Gasteiger partial charge in [-0.3, -0.25) is 4.79 Å². The summed E-state index contributed by atoms with van der Waals surface area (Å²) in [6.45, 7) is 2.58. The van der Waals surface area contributed by atoms with E-state index in [1.807, 2.05) is 6.92 Å². The summed E-state index contributed by atoms with van der Waals surface area (Å²) < 4.78 is 13.1. The summed E-state index contributed by atoms with van der Waals surface area (Å²) in [5.74, 6) is -1.84. The standard InChI is InChI=1S/C12H14FNO2/c1-2-7-6-14-10-4-3-8(13)5-9(10)11(7)12(15)16/h3-5,7,11,14H,2,6H2,1H3,(H,15,16). The molecular formula is C12H14FNO2. The van der Waals surface area contributed by atoms with E-state index in [4.69, 9.17) is 0 Å². The number of anilines is 1. The molecule has 0 radical (unpaired) electrons. The molecule has 16 heavy (non-hydrogen) atoms. The molecule has 4 heteroatoms. The zero-order chi connectivity index (χ0) is 11.7. The maximum absolute atomic E-state index is 13.1. The van der Waals surface area contributed by atoms with Gasteiger partial charge in [0.1, 0.15) is 5.82 Å². The number of aliphatic carboxylic acids is 1. The number of benzene rings is 1. The van der Waals surface area contributed by atoms with Crippen molar-refractivity contribution in [2.45, 2.75) is 19.3 Å². The molecule has 0 spiro atoms. The summed E-state index contributed by atoms with van der Waals surface area (Å²) in [4.78, 5) is 11.2. The van der Waals surface area contributed by atoms with Gasteiger partial charge < -0.3 is 10.4 Å². The van der Waals surface area contributed by atoms with Crippen molar-refractivity contribution >= 4 is 11.7 Å². The Hall–Kier alpha value is -1.58. The summed E-state index contributed by atoms with van der Waals surface area (Å²) >= 11 is 0. The third kappa shape index (κ3) is 1.75. The molecule has 0 fully saturated rings. The number of hydrogen-bond acceptors (Lipinski definition) is 2. The van der Waals surface area contributed by atoms with Crippen molar-refractivity contribution in [3.63, 3.8) is 0 Å². The number of hydrogen-bond donors (Lipinski definition) is 2. The van der Waals surface area contributed by atoms with Crippen LogP contribution in [0.2, 0.25) is 0 Å². The lowest BCUT2D eigenvalue weighted by Crippen LogP contribution is -2.32. The second-order valence-corrected chi connectivity index (χ2v) is 4.10. The first-order valence-electron chi connectivity index (χ1n) is 5.39. The van der Waals surface area contributed by atoms with Gasteiger partial charge in [0.05, 0.1) is 5.92 Å². The van der Waals surface area contributed by atoms with Crippen molar-refractivity contribution in [3.05, 3.63) is 29.6 Å². The second kappa shape index (κ2) is 4.12. The highest BCUT2D eigenvalue weighted by atomic mass is 19.1. The predicted molar refractivity (Wildman–Crippen MR) is 59.0 cm³/mol. The van der Waals surface area contributed by atoms with Crippen LogP contribution in [0.1, 0.15) is 24.8 Å². The summed E-state index contributed by atoms with van der Waals surface area (Å²) in [5, 5.41) is 12.4. The minimum Gasteiger partial charge on any atom is -0.481 e. The molecule has 0 bridgehead atoms. The fourth-order valence-corrected chi connectivity index (χ4v) is 2.28. The molecule has 0 amide bonds. The molecule has 1 heterocycles. The quantitative estimate of drug-likeness (QED) is 0.809. The number of halogens is 1. The molecule has 0 saturated carbocycles. The molecule has 2 unspecified atom stereocenters. The fourth-order valence-electron chi connectivity index (χ4n) is 2.28. The molecule has 1 aromatic rings. The average Bonchev–Trinajstić information content (AvgIpc) is 2.26. The minimum atomic E-state index is -0.875. The number of fused-ring (bicyclic) bond motifs is 1. The topological polar surface area (TPSA) is 49.3 Å². The molecule has 0 saturated heterocycles. The normalized spacial score (nSPS) is 23.4. The zero-order valence-electron chi connectivity index (χ0n) is 9.03. The molecule has 2 rings (SSSR count). The molecule has 0 aliphatic carbocycles. The van der Waals surface area contributed by atoms with Crippen LogP contribution in [0.25, 0.3) is 0 Å². The molecule has 1 aliphatic heterocycles. The van der Waals surface area contributed by atoms with E-state index in [1.54, 1.807) is 6.07 Å². The molecule has 1 aliphatic rings. The molecule has 86 valence electrons. The summed E-state index contributed by atoms with van der Waals surface area (Å²) in [6, 6.07) is 4.27. The summed E-state index contributed by atoms with van der Waals surface area (Å²) in [6.07, 6.45) is 0.764. The average molecular weight is 223 g/mol. The maximum atomic E-state index is 13.1. The van der Waals surface area contributed by atoms with Crippen molar-refractivity contribution in [1.82, 2.24) is 0 Å². The van der Waals surface area contributed by atoms with Crippen LogP contribution >= 0.6 is 0 Å². The molecule has 3 nitrogen and oxygen atoms in total. The van der Waals surface area contributed by atoms with E-state index in [-0.39, 0.29) is 11.7 Å². The van der Waals surface area contributed by atoms with Gasteiger partial charge in [-0.25, -0.2) is 4.39 Å². The largest absolute Gasteiger partial charge is 0.481 e. The molecule has 0 aromatic heterocycles. The van der Waals surface area contributed by atoms with Gasteiger partial charge >= 0.3 is 5.97 Å². The first-order chi connectivity index (χ1) is 7.63. The van der Waals surface area contributed by atoms with Gasteiger partial charge in [-0.05, 0) is 29.7 Å². The van der Waals surface area contributed by atoms with Crippen LogP contribution in [0.5, 0.6) is 0 Å². The van der Waals surface area contributed by atoms with Crippen LogP contribution in [0.15, 0.2) is 18.2 Å². The zero-order valence-corrected chi connectivity index (χ0v) is 9.03. The van der Waals surface area contributed by atoms with Crippen LogP contribution in [-0.4, -0.2) is 17.6 Å². The molecule has 2 N–H and O–H groups in total. The van der Waals surface area contributed by atoms with Crippen molar-refractivity contribution in [1.29, 1.82) is 0 Å². The summed E-state index contributed by atoms with van der Waals surface area (Å²) in [5.41, 5.74) is 1.30. The van der Waals surface area contributed by atoms with E-state index in [0.717, 1.165) is 12.1 Å². The van der Waals surface area contributed by atoms with Gasteiger partial charge in [0, 0.05) is 12.2 Å². The Morgan fingerprint density at radius 3 is 3.00 bits per heavy atom. The Kier molecular flexibility index (Phi) is 2.81. The van der Waals surface area contributed by atoms with E-state index in [1.165, 1.54) is 12.1 Å². The Balaban J connectivity index is 2.47. The number of carboxylic acid groups (broad SMARTS) is 1. The van der Waals surface area contributed by atoms with Crippen LogP contribution in [0.4, 0.5) is 10.1 Å². The van der Waals surface area contributed by atoms with Crippen molar-refractivity contribution < 1.29 is 14.3 Å². The van der Waals surface area contributed by atoms with Gasteiger partial charge in [0.2, 0.25) is 0 Å². The van der Waals surface area contributed by atoms with Gasteiger partial charge in [-0.15, -0.1) is 0 Å². The number of nitrogens with one attached hydrogen (secondary N) is 1. The molecule has 2 atom stereocenters. The Bertz CT molecular complexity index is 419. The number of carbonyl (C=O) groups is 1. The van der Waals surface area contributed by atoms with Gasteiger partial charge in [-0.2, -0.15) is 0 Å². The van der Waals surface area contributed by atoms with E-state index < -0.39 is 11.9 Å². The van der Waals surface area contributed by atoms with Crippen LogP contribution in [0.3, 0.4) is 0 Å². The smallest absolute Gasteiger partial charge is 0.311 e. The minimum absolute atomic E-state index is 0.0202. The highest BCUT2D eigenvalue weighted by Gasteiger charge is 2.33. The lowest BCUT2D eigenvalue weighted by Gasteiger charge is -2.31. The number of carboxylic acids is 1. The highest BCUT2D eigenvalue weighted by Crippen LogP contribution is 2.37. The summed E-state index contributed by atoms with van der Waals surface area (Å²) in [7, 11) is 0. The van der Waals surface area contributed by atoms with Gasteiger partial charge in [0.15, 0.2) is 0 Å². The monoisotopic (exact) mass is 223 g/mol. The fraction of sp³-hybridized carbons (Fsp3) is 0.417. The third-order valence-electron chi connectivity index (χ3n) is 3.17. The lowest BCUT2D eigenvalue weighted by molar-refractivity contribution is -0.140. The maximum Gasteiger partial charge on any atom is 0.311 e. The molecular weight excluding hydrogens is 209 g/mol. The predicted octanol–water partition coefficient (Wildman–Crippen LogP) is 2.45. The SMILES string of the molecule is CCC1CNc2ccc(F)cc2C1C(=O)O. The Morgan fingerprint density at radius 1 is 1.62 bits per heavy atom. The van der Waals surface area contributed by atoms with Crippen LogP contribution in [0, 0.1) is 11.7 Å². The van der Waals surface area contributed by atoms with Crippen LogP contribution in [-0.2, 0) is 4.79 Å². The Labute approximate surface area is 93.3 Å². The second-order valence-electron chi connectivity index (χ2n) is 4.10. The van der Waals surface area contributed by atoms with E-state index in [9.17, 15) is 14.3 Å². The molecule has 1 aromatic carbocycles. The third-order valence-corrected chi connectivity index (χ3v) is 3.17. The van der Waals surface area contributed by atoms with E-state index in [0.29, 0.717) is 12.1 Å². The van der Waals surface area contributed by atoms with Crippen molar-refractivity contribution in [3.8, 4) is 0 Å². The van der Waals surface area contributed by atoms with Crippen LogP contribution < -0.4 is 5.32 Å². The van der Waals surface area contributed by atoms with Gasteiger partial charge in [0.25, 0.3) is 0 Å². The highest BCUT2D eigenvalue weighted by molar-refractivity contribution is 5.80. The first kappa shape index (κ1) is 10.9. The Morgan fingerprint density at radius 2 is 2.38 bits per heavy atom.